The molecule has 0 atom stereocenters. The van der Waals surface area contributed by atoms with Crippen molar-refractivity contribution in [3.63, 3.8) is 0 Å². The molecule has 0 N–H and O–H groups in total. The molecule has 34 heavy (non-hydrogen) atoms. The number of halogens is 1. The number of allylic oxidation sites excluding steroid dienone is 1. The SMILES string of the molecule is COc1cc(/C=C/C(=O)c2c(C)nc3ccc(Cl)cc3c2-c2ccccc2)cc(OC)c1OC. The molecule has 0 amide bonds. The number of rotatable bonds is 7. The van der Waals surface area contributed by atoms with Crippen molar-refractivity contribution in [3.8, 4) is 28.4 Å². The molecule has 0 saturated heterocycles. The van der Waals surface area contributed by atoms with Crippen molar-refractivity contribution in [1.82, 2.24) is 4.98 Å². The molecular weight excluding hydrogens is 450 g/mol. The fourth-order valence-electron chi connectivity index (χ4n) is 4.02. The summed E-state index contributed by atoms with van der Waals surface area (Å²) in [4.78, 5) is 18.2. The average Bonchev–Trinajstić information content (AvgIpc) is 2.86. The number of hydrogen-bond donors (Lipinski definition) is 0. The van der Waals surface area contributed by atoms with Gasteiger partial charge in [0.05, 0.1) is 32.4 Å². The number of fused-ring (bicyclic) bond motifs is 1. The van der Waals surface area contributed by atoms with Crippen molar-refractivity contribution in [3.05, 3.63) is 88.6 Å². The summed E-state index contributed by atoms with van der Waals surface area (Å²) in [6, 6.07) is 18.9. The van der Waals surface area contributed by atoms with E-state index in [9.17, 15) is 4.79 Å². The molecule has 0 unspecified atom stereocenters. The van der Waals surface area contributed by atoms with E-state index < -0.39 is 0 Å². The van der Waals surface area contributed by atoms with Gasteiger partial charge in [0.1, 0.15) is 0 Å². The number of hydrogen-bond acceptors (Lipinski definition) is 5. The topological polar surface area (TPSA) is 57.7 Å². The largest absolute Gasteiger partial charge is 0.493 e. The van der Waals surface area contributed by atoms with Gasteiger partial charge >= 0.3 is 0 Å². The summed E-state index contributed by atoms with van der Waals surface area (Å²) in [5, 5.41) is 1.41. The lowest BCUT2D eigenvalue weighted by molar-refractivity contribution is 0.104. The molecule has 1 aromatic heterocycles. The highest BCUT2D eigenvalue weighted by Crippen LogP contribution is 2.39. The summed E-state index contributed by atoms with van der Waals surface area (Å²) in [5.74, 6) is 1.35. The molecule has 3 aromatic carbocycles. The fraction of sp³-hybridized carbons (Fsp3) is 0.143. The van der Waals surface area contributed by atoms with Crippen LogP contribution in [0.25, 0.3) is 28.1 Å². The second-order valence-electron chi connectivity index (χ2n) is 7.63. The summed E-state index contributed by atoms with van der Waals surface area (Å²) < 4.78 is 16.2. The number of ether oxygens (including phenoxy) is 3. The summed E-state index contributed by atoms with van der Waals surface area (Å²) in [7, 11) is 4.65. The average molecular weight is 474 g/mol. The Kier molecular flexibility index (Phi) is 6.85. The zero-order chi connectivity index (χ0) is 24.2. The third-order valence-electron chi connectivity index (χ3n) is 5.55. The molecule has 172 valence electrons. The van der Waals surface area contributed by atoms with Crippen LogP contribution in [0.4, 0.5) is 0 Å². The van der Waals surface area contributed by atoms with E-state index in [0.717, 1.165) is 27.6 Å². The van der Waals surface area contributed by atoms with Crippen LogP contribution in [0.5, 0.6) is 17.2 Å². The van der Waals surface area contributed by atoms with E-state index in [0.29, 0.717) is 33.5 Å². The number of pyridine rings is 1. The Morgan fingerprint density at radius 2 is 1.59 bits per heavy atom. The lowest BCUT2D eigenvalue weighted by atomic mass is 9.92. The zero-order valence-electron chi connectivity index (χ0n) is 19.4. The highest BCUT2D eigenvalue weighted by molar-refractivity contribution is 6.31. The van der Waals surface area contributed by atoms with Crippen LogP contribution in [0.15, 0.2) is 66.7 Å². The lowest BCUT2D eigenvalue weighted by Crippen LogP contribution is -2.05. The van der Waals surface area contributed by atoms with E-state index in [1.54, 1.807) is 45.6 Å². The molecule has 0 spiro atoms. The number of methoxy groups -OCH3 is 3. The maximum absolute atomic E-state index is 13.5. The van der Waals surface area contributed by atoms with Crippen LogP contribution in [-0.4, -0.2) is 32.1 Å². The van der Waals surface area contributed by atoms with Gasteiger partial charge in [-0.2, -0.15) is 0 Å². The zero-order valence-corrected chi connectivity index (χ0v) is 20.1. The van der Waals surface area contributed by atoms with Crippen LogP contribution in [0.1, 0.15) is 21.6 Å². The fourth-order valence-corrected chi connectivity index (χ4v) is 4.19. The van der Waals surface area contributed by atoms with Crippen molar-refractivity contribution in [1.29, 1.82) is 0 Å². The molecule has 0 aliphatic heterocycles. The predicted octanol–water partition coefficient (Wildman–Crippen LogP) is 6.79. The normalized spacial score (nSPS) is 11.1. The Morgan fingerprint density at radius 1 is 0.912 bits per heavy atom. The van der Waals surface area contributed by atoms with Crippen LogP contribution in [-0.2, 0) is 0 Å². The van der Waals surface area contributed by atoms with Gasteiger partial charge in [-0.25, -0.2) is 0 Å². The Balaban J connectivity index is 1.85. The van der Waals surface area contributed by atoms with E-state index in [-0.39, 0.29) is 5.78 Å². The quantitative estimate of drug-likeness (QED) is 0.218. The molecule has 5 nitrogen and oxygen atoms in total. The Morgan fingerprint density at radius 3 is 2.21 bits per heavy atom. The van der Waals surface area contributed by atoms with Crippen LogP contribution in [0.3, 0.4) is 0 Å². The Labute approximate surface area is 203 Å². The molecule has 0 aliphatic rings. The van der Waals surface area contributed by atoms with Crippen molar-refractivity contribution in [2.75, 3.05) is 21.3 Å². The van der Waals surface area contributed by atoms with Crippen molar-refractivity contribution < 1.29 is 19.0 Å². The van der Waals surface area contributed by atoms with Gasteiger partial charge in [-0.3, -0.25) is 9.78 Å². The van der Waals surface area contributed by atoms with Crippen molar-refractivity contribution in [2.24, 2.45) is 0 Å². The summed E-state index contributed by atoms with van der Waals surface area (Å²) in [6.07, 6.45) is 3.26. The van der Waals surface area contributed by atoms with Gasteiger partial charge in [-0.1, -0.05) is 48.0 Å². The number of carbonyl (C=O) groups excluding carboxylic acids is 1. The maximum atomic E-state index is 13.5. The molecule has 0 aliphatic carbocycles. The van der Waals surface area contributed by atoms with Crippen molar-refractivity contribution >= 4 is 34.4 Å². The van der Waals surface area contributed by atoms with Crippen LogP contribution in [0, 0.1) is 6.92 Å². The second-order valence-corrected chi connectivity index (χ2v) is 8.07. The van der Waals surface area contributed by atoms with E-state index in [1.165, 1.54) is 6.08 Å². The molecule has 0 fully saturated rings. The molecule has 6 heteroatoms. The minimum atomic E-state index is -0.167. The van der Waals surface area contributed by atoms with Crippen LogP contribution < -0.4 is 14.2 Å². The number of benzene rings is 3. The van der Waals surface area contributed by atoms with Crippen LogP contribution >= 0.6 is 11.6 Å². The molecule has 4 rings (SSSR count). The number of ketones is 1. The summed E-state index contributed by atoms with van der Waals surface area (Å²) in [5.41, 5.74) is 4.43. The highest BCUT2D eigenvalue weighted by atomic mass is 35.5. The van der Waals surface area contributed by atoms with E-state index in [4.69, 9.17) is 25.8 Å². The predicted molar refractivity (Wildman–Crippen MR) is 136 cm³/mol. The number of nitrogens with zero attached hydrogens (tertiary/aromatic N) is 1. The first kappa shape index (κ1) is 23.3. The summed E-state index contributed by atoms with van der Waals surface area (Å²) >= 11 is 6.31. The van der Waals surface area contributed by atoms with E-state index >= 15 is 0 Å². The monoisotopic (exact) mass is 473 g/mol. The van der Waals surface area contributed by atoms with Gasteiger partial charge in [-0.05, 0) is 54.5 Å². The van der Waals surface area contributed by atoms with Crippen LogP contribution in [0.2, 0.25) is 5.02 Å². The first-order chi connectivity index (χ1) is 16.5. The Bertz CT molecular complexity index is 1370. The molecule has 0 saturated carbocycles. The van der Waals surface area contributed by atoms with Crippen molar-refractivity contribution in [2.45, 2.75) is 6.92 Å². The third kappa shape index (κ3) is 4.47. The second kappa shape index (κ2) is 9.98. The van der Waals surface area contributed by atoms with E-state index in [1.807, 2.05) is 49.4 Å². The first-order valence-corrected chi connectivity index (χ1v) is 11.0. The van der Waals surface area contributed by atoms with Gasteiger partial charge in [0.2, 0.25) is 5.75 Å². The molecule has 0 bridgehead atoms. The number of carbonyl (C=O) groups is 1. The highest BCUT2D eigenvalue weighted by Gasteiger charge is 2.19. The molecule has 1 heterocycles. The van der Waals surface area contributed by atoms with Gasteiger partial charge in [-0.15, -0.1) is 0 Å². The molecular formula is C28H24ClNO4. The standard InChI is InChI=1S/C28H24ClNO4/c1-17-26(23(31)13-10-18-14-24(32-2)28(34-4)25(15-18)33-3)27(19-8-6-5-7-9-19)21-16-20(29)11-12-22(21)30-17/h5-16H,1-4H3/b13-10+. The summed E-state index contributed by atoms with van der Waals surface area (Å²) in [6.45, 7) is 1.85. The van der Waals surface area contributed by atoms with Gasteiger partial charge in [0.15, 0.2) is 17.3 Å². The smallest absolute Gasteiger partial charge is 0.203 e. The van der Waals surface area contributed by atoms with Gasteiger partial charge in [0, 0.05) is 21.7 Å². The minimum absolute atomic E-state index is 0.167. The molecule has 4 aromatic rings. The first-order valence-electron chi connectivity index (χ1n) is 10.6. The number of aromatic nitrogens is 1. The minimum Gasteiger partial charge on any atom is -0.493 e. The van der Waals surface area contributed by atoms with Gasteiger partial charge in [0.25, 0.3) is 0 Å². The van der Waals surface area contributed by atoms with Gasteiger partial charge < -0.3 is 14.2 Å². The number of aryl methyl sites for hydroxylation is 1. The van der Waals surface area contributed by atoms with E-state index in [2.05, 4.69) is 4.98 Å². The Hall–Kier alpha value is -3.83. The third-order valence-corrected chi connectivity index (χ3v) is 5.79. The molecule has 0 radical (unpaired) electrons. The lowest BCUT2D eigenvalue weighted by Gasteiger charge is -2.15. The maximum Gasteiger partial charge on any atom is 0.203 e.